The summed E-state index contributed by atoms with van der Waals surface area (Å²) in [6.45, 7) is 0. The van der Waals surface area contributed by atoms with E-state index >= 15 is 0 Å². The number of nitro groups is 1. The molecule has 2 rings (SSSR count). The lowest BCUT2D eigenvalue weighted by Crippen LogP contribution is -2.07. The zero-order valence-electron chi connectivity index (χ0n) is 9.45. The number of rotatable bonds is 4. The minimum absolute atomic E-state index is 0.0475. The molecule has 5 heteroatoms. The van der Waals surface area contributed by atoms with E-state index in [0.29, 0.717) is 0 Å². The molecule has 0 saturated heterocycles. The third-order valence-electron chi connectivity index (χ3n) is 2.50. The molecule has 2 aromatic rings. The SMILES string of the molecule is O=C(Cc1ccccc1)c1cnccc1[N+](=O)[O-]. The van der Waals surface area contributed by atoms with Gasteiger partial charge in [0.05, 0.1) is 4.92 Å². The number of hydrogen-bond donors (Lipinski definition) is 0. The summed E-state index contributed by atoms with van der Waals surface area (Å²) < 4.78 is 0. The van der Waals surface area contributed by atoms with E-state index in [9.17, 15) is 14.9 Å². The average molecular weight is 242 g/mol. The van der Waals surface area contributed by atoms with Gasteiger partial charge in [-0.2, -0.15) is 0 Å². The first-order valence-corrected chi connectivity index (χ1v) is 5.34. The van der Waals surface area contributed by atoms with Crippen LogP contribution in [-0.2, 0) is 6.42 Å². The monoisotopic (exact) mass is 242 g/mol. The van der Waals surface area contributed by atoms with E-state index in [0.717, 1.165) is 5.56 Å². The van der Waals surface area contributed by atoms with Gasteiger partial charge in [0.2, 0.25) is 0 Å². The van der Waals surface area contributed by atoms with Crippen molar-refractivity contribution in [3.8, 4) is 0 Å². The van der Waals surface area contributed by atoms with Gasteiger partial charge in [-0.15, -0.1) is 0 Å². The molecule has 1 aromatic heterocycles. The van der Waals surface area contributed by atoms with Gasteiger partial charge >= 0.3 is 0 Å². The van der Waals surface area contributed by atoms with Crippen molar-refractivity contribution in [3.05, 3.63) is 70.0 Å². The summed E-state index contributed by atoms with van der Waals surface area (Å²) in [7, 11) is 0. The molecule has 0 amide bonds. The summed E-state index contributed by atoms with van der Waals surface area (Å²) >= 11 is 0. The number of hydrogen-bond acceptors (Lipinski definition) is 4. The highest BCUT2D eigenvalue weighted by atomic mass is 16.6. The Morgan fingerprint density at radius 1 is 1.22 bits per heavy atom. The van der Waals surface area contributed by atoms with Crippen molar-refractivity contribution in [2.75, 3.05) is 0 Å². The molecule has 0 radical (unpaired) electrons. The van der Waals surface area contributed by atoms with Crippen LogP contribution in [0, 0.1) is 10.1 Å². The van der Waals surface area contributed by atoms with Crippen molar-refractivity contribution < 1.29 is 9.72 Å². The topological polar surface area (TPSA) is 73.1 Å². The Hall–Kier alpha value is -2.56. The van der Waals surface area contributed by atoms with Crippen molar-refractivity contribution in [2.24, 2.45) is 0 Å². The number of benzene rings is 1. The number of aromatic nitrogens is 1. The normalized spacial score (nSPS) is 10.0. The van der Waals surface area contributed by atoms with E-state index < -0.39 is 4.92 Å². The smallest absolute Gasteiger partial charge is 0.283 e. The van der Waals surface area contributed by atoms with E-state index in [4.69, 9.17) is 0 Å². The maximum Gasteiger partial charge on any atom is 0.283 e. The molecule has 0 spiro atoms. The molecule has 5 nitrogen and oxygen atoms in total. The van der Waals surface area contributed by atoms with Crippen molar-refractivity contribution in [3.63, 3.8) is 0 Å². The van der Waals surface area contributed by atoms with Crippen LogP contribution in [0.5, 0.6) is 0 Å². The summed E-state index contributed by atoms with van der Waals surface area (Å²) in [5.41, 5.74) is 0.665. The quantitative estimate of drug-likeness (QED) is 0.469. The molecular weight excluding hydrogens is 232 g/mol. The minimum Gasteiger partial charge on any atom is -0.293 e. The Bertz CT molecular complexity index is 582. The summed E-state index contributed by atoms with van der Waals surface area (Å²) in [5.74, 6) is -0.305. The molecule has 0 saturated carbocycles. The Balaban J connectivity index is 2.27. The molecule has 90 valence electrons. The minimum atomic E-state index is -0.570. The van der Waals surface area contributed by atoms with Gasteiger partial charge < -0.3 is 0 Å². The highest BCUT2D eigenvalue weighted by molar-refractivity contribution is 6.00. The molecule has 0 aliphatic heterocycles. The number of Topliss-reactive ketones (excluding diaryl/α,β-unsaturated/α-hetero) is 1. The highest BCUT2D eigenvalue weighted by Gasteiger charge is 2.19. The van der Waals surface area contributed by atoms with Crippen LogP contribution in [0.15, 0.2) is 48.8 Å². The first kappa shape index (κ1) is 11.9. The van der Waals surface area contributed by atoms with Crippen LogP contribution in [0.4, 0.5) is 5.69 Å². The predicted molar refractivity (Wildman–Crippen MR) is 65.4 cm³/mol. The summed E-state index contributed by atoms with van der Waals surface area (Å²) in [5, 5.41) is 10.8. The third kappa shape index (κ3) is 2.57. The Labute approximate surface area is 103 Å². The van der Waals surface area contributed by atoms with Gasteiger partial charge in [0.1, 0.15) is 5.56 Å². The zero-order valence-corrected chi connectivity index (χ0v) is 9.45. The fourth-order valence-corrected chi connectivity index (χ4v) is 1.64. The lowest BCUT2D eigenvalue weighted by atomic mass is 10.0. The number of nitrogens with zero attached hydrogens (tertiary/aromatic N) is 2. The molecule has 18 heavy (non-hydrogen) atoms. The van der Waals surface area contributed by atoms with E-state index in [-0.39, 0.29) is 23.5 Å². The first-order chi connectivity index (χ1) is 8.68. The molecule has 0 N–H and O–H groups in total. The van der Waals surface area contributed by atoms with Gasteiger partial charge in [-0.3, -0.25) is 19.9 Å². The standard InChI is InChI=1S/C13H10N2O3/c16-13(8-10-4-2-1-3-5-10)11-9-14-7-6-12(11)15(17)18/h1-7,9H,8H2. The van der Waals surface area contributed by atoms with Crippen LogP contribution >= 0.6 is 0 Å². The highest BCUT2D eigenvalue weighted by Crippen LogP contribution is 2.18. The molecular formula is C13H10N2O3. The molecule has 0 atom stereocenters. The third-order valence-corrected chi connectivity index (χ3v) is 2.50. The molecule has 1 heterocycles. The average Bonchev–Trinajstić information content (AvgIpc) is 2.40. The van der Waals surface area contributed by atoms with Crippen molar-refractivity contribution in [2.45, 2.75) is 6.42 Å². The lowest BCUT2D eigenvalue weighted by molar-refractivity contribution is -0.385. The van der Waals surface area contributed by atoms with Gasteiger partial charge in [0.15, 0.2) is 5.78 Å². The maximum absolute atomic E-state index is 12.0. The van der Waals surface area contributed by atoms with Crippen LogP contribution in [0.1, 0.15) is 15.9 Å². The molecule has 0 bridgehead atoms. The maximum atomic E-state index is 12.0. The first-order valence-electron chi connectivity index (χ1n) is 5.34. The van der Waals surface area contributed by atoms with E-state index in [1.807, 2.05) is 18.2 Å². The Morgan fingerprint density at radius 3 is 2.61 bits per heavy atom. The van der Waals surface area contributed by atoms with E-state index in [1.165, 1.54) is 18.5 Å². The number of pyridine rings is 1. The van der Waals surface area contributed by atoms with Crippen molar-refractivity contribution >= 4 is 11.5 Å². The molecule has 1 aromatic carbocycles. The Kier molecular flexibility index (Phi) is 3.43. The van der Waals surface area contributed by atoms with Crippen molar-refractivity contribution in [1.82, 2.24) is 4.98 Å². The van der Waals surface area contributed by atoms with Gasteiger partial charge in [0, 0.05) is 24.9 Å². The van der Waals surface area contributed by atoms with Crippen LogP contribution in [0.3, 0.4) is 0 Å². The van der Waals surface area contributed by atoms with Gasteiger partial charge in [-0.1, -0.05) is 30.3 Å². The largest absolute Gasteiger partial charge is 0.293 e. The fourth-order valence-electron chi connectivity index (χ4n) is 1.64. The predicted octanol–water partition coefficient (Wildman–Crippen LogP) is 2.42. The summed E-state index contributed by atoms with van der Waals surface area (Å²) in [6, 6.07) is 10.3. The Morgan fingerprint density at radius 2 is 1.94 bits per heavy atom. The van der Waals surface area contributed by atoms with E-state index in [1.54, 1.807) is 12.1 Å². The number of ketones is 1. The number of carbonyl (C=O) groups is 1. The van der Waals surface area contributed by atoms with Crippen LogP contribution < -0.4 is 0 Å². The second-order valence-electron chi connectivity index (χ2n) is 3.74. The molecule has 0 aliphatic rings. The second kappa shape index (κ2) is 5.18. The number of carbonyl (C=O) groups excluding carboxylic acids is 1. The van der Waals surface area contributed by atoms with Crippen LogP contribution in [0.25, 0.3) is 0 Å². The fraction of sp³-hybridized carbons (Fsp3) is 0.0769. The molecule has 0 fully saturated rings. The summed E-state index contributed by atoms with van der Waals surface area (Å²) in [4.78, 5) is 26.0. The molecule has 0 aliphatic carbocycles. The lowest BCUT2D eigenvalue weighted by Gasteiger charge is -2.01. The van der Waals surface area contributed by atoms with Gasteiger partial charge in [0.25, 0.3) is 5.69 Å². The van der Waals surface area contributed by atoms with Crippen LogP contribution in [0.2, 0.25) is 0 Å². The molecule has 0 unspecified atom stereocenters. The van der Waals surface area contributed by atoms with Gasteiger partial charge in [-0.05, 0) is 5.56 Å². The van der Waals surface area contributed by atoms with Crippen LogP contribution in [-0.4, -0.2) is 15.7 Å². The zero-order chi connectivity index (χ0) is 13.0. The van der Waals surface area contributed by atoms with E-state index in [2.05, 4.69) is 4.98 Å². The van der Waals surface area contributed by atoms with Crippen molar-refractivity contribution in [1.29, 1.82) is 0 Å². The van der Waals surface area contributed by atoms with Gasteiger partial charge in [-0.25, -0.2) is 0 Å². The summed E-state index contributed by atoms with van der Waals surface area (Å²) in [6.07, 6.45) is 2.67. The second-order valence-corrected chi connectivity index (χ2v) is 3.74.